The van der Waals surface area contributed by atoms with Crippen LogP contribution in [0.15, 0.2) is 70.9 Å². The summed E-state index contributed by atoms with van der Waals surface area (Å²) in [5.74, 6) is 0.238. The van der Waals surface area contributed by atoms with Crippen LogP contribution in [-0.4, -0.2) is 19.2 Å². The lowest BCUT2D eigenvalue weighted by atomic mass is 10.2. The molecule has 8 heteroatoms. The van der Waals surface area contributed by atoms with Crippen molar-refractivity contribution < 1.29 is 4.39 Å². The Morgan fingerprint density at radius 3 is 2.73 bits per heavy atom. The molecule has 0 aliphatic carbocycles. The summed E-state index contributed by atoms with van der Waals surface area (Å²) in [6, 6.07) is 13.4. The lowest BCUT2D eigenvalue weighted by Crippen LogP contribution is -2.20. The molecular formula is C18H12ClFN4OS. The predicted molar refractivity (Wildman–Crippen MR) is 99.6 cm³/mol. The predicted octanol–water partition coefficient (Wildman–Crippen LogP) is 3.97. The lowest BCUT2D eigenvalue weighted by molar-refractivity contribution is 0.626. The molecule has 4 rings (SSSR count). The molecule has 0 atom stereocenters. The minimum Gasteiger partial charge on any atom is -0.279 e. The van der Waals surface area contributed by atoms with Gasteiger partial charge in [-0.25, -0.2) is 4.39 Å². The molecule has 0 spiro atoms. The molecule has 0 saturated heterocycles. The van der Waals surface area contributed by atoms with Gasteiger partial charge in [0.25, 0.3) is 0 Å². The maximum absolute atomic E-state index is 13.4. The largest absolute Gasteiger partial charge is 0.300 e. The Kier molecular flexibility index (Phi) is 4.48. The Hall–Kier alpha value is -2.64. The van der Waals surface area contributed by atoms with Crippen LogP contribution in [0.3, 0.4) is 0 Å². The first-order valence-corrected chi connectivity index (χ1v) is 9.08. The fourth-order valence-corrected chi connectivity index (χ4v) is 3.64. The van der Waals surface area contributed by atoms with Gasteiger partial charge >= 0.3 is 5.56 Å². The molecule has 2 aromatic heterocycles. The van der Waals surface area contributed by atoms with Gasteiger partial charge in [-0.05, 0) is 35.9 Å². The van der Waals surface area contributed by atoms with Gasteiger partial charge in [-0.15, -0.1) is 10.2 Å². The fourth-order valence-electron chi connectivity index (χ4n) is 2.57. The molecule has 130 valence electrons. The van der Waals surface area contributed by atoms with E-state index in [0.717, 1.165) is 5.56 Å². The average molecular weight is 387 g/mol. The van der Waals surface area contributed by atoms with Gasteiger partial charge in [0.05, 0.1) is 5.69 Å². The summed E-state index contributed by atoms with van der Waals surface area (Å²) in [5, 5.41) is 9.37. The third-order valence-corrected chi connectivity index (χ3v) is 5.03. The summed E-state index contributed by atoms with van der Waals surface area (Å²) in [5.41, 5.74) is 1.31. The Labute approximate surface area is 157 Å². The fraction of sp³-hybridized carbons (Fsp3) is 0.0556. The van der Waals surface area contributed by atoms with Gasteiger partial charge in [-0.3, -0.25) is 13.8 Å². The number of thioether (sulfide) groups is 1. The van der Waals surface area contributed by atoms with Gasteiger partial charge in [0, 0.05) is 23.2 Å². The van der Waals surface area contributed by atoms with Crippen LogP contribution in [0.1, 0.15) is 5.56 Å². The molecule has 5 nitrogen and oxygen atoms in total. The number of nitrogens with zero attached hydrogens (tertiary/aromatic N) is 4. The highest BCUT2D eigenvalue weighted by Gasteiger charge is 2.12. The number of benzene rings is 2. The van der Waals surface area contributed by atoms with Crippen LogP contribution < -0.4 is 5.56 Å². The first kappa shape index (κ1) is 16.8. The number of hydrogen-bond acceptors (Lipinski definition) is 4. The summed E-state index contributed by atoms with van der Waals surface area (Å²) in [6.07, 6.45) is 3.28. The zero-order valence-corrected chi connectivity index (χ0v) is 14.9. The van der Waals surface area contributed by atoms with Gasteiger partial charge in [0.15, 0.2) is 5.16 Å². The van der Waals surface area contributed by atoms with E-state index in [2.05, 4.69) is 10.2 Å². The third-order valence-electron chi connectivity index (χ3n) is 3.78. The Morgan fingerprint density at radius 1 is 1.08 bits per heavy atom. The van der Waals surface area contributed by atoms with Crippen molar-refractivity contribution in [2.45, 2.75) is 10.9 Å². The van der Waals surface area contributed by atoms with Crippen LogP contribution in [-0.2, 0) is 5.75 Å². The maximum Gasteiger partial charge on any atom is 0.300 e. The highest BCUT2D eigenvalue weighted by atomic mass is 35.5. The van der Waals surface area contributed by atoms with Gasteiger partial charge in [-0.1, -0.05) is 41.6 Å². The summed E-state index contributed by atoms with van der Waals surface area (Å²) in [4.78, 5) is 12.7. The minimum atomic E-state index is -0.409. The molecule has 0 N–H and O–H groups in total. The van der Waals surface area contributed by atoms with Crippen LogP contribution >= 0.6 is 23.4 Å². The van der Waals surface area contributed by atoms with Crippen LogP contribution in [0.25, 0.3) is 11.3 Å². The molecule has 0 aliphatic rings. The summed E-state index contributed by atoms with van der Waals surface area (Å²) >= 11 is 7.45. The molecule has 0 aliphatic heterocycles. The van der Waals surface area contributed by atoms with E-state index >= 15 is 0 Å². The van der Waals surface area contributed by atoms with Crippen molar-refractivity contribution in [3.8, 4) is 5.69 Å². The second-order valence-corrected chi connectivity index (χ2v) is 6.93. The standard InChI is InChI=1S/C18H12ClFN4OS/c19-13-4-1-3-12(9-13)11-26-18-22-21-16-17(25)23(7-8-24(16)18)15-6-2-5-14(20)10-15/h1-10H,11H2. The van der Waals surface area contributed by atoms with E-state index in [1.165, 1.54) is 28.5 Å². The molecule has 0 fully saturated rings. The van der Waals surface area contributed by atoms with Crippen LogP contribution in [0.2, 0.25) is 5.02 Å². The average Bonchev–Trinajstić information content (AvgIpc) is 3.04. The molecule has 2 aromatic carbocycles. The summed E-state index contributed by atoms with van der Waals surface area (Å²) < 4.78 is 16.4. The van der Waals surface area contributed by atoms with Crippen molar-refractivity contribution in [1.29, 1.82) is 0 Å². The topological polar surface area (TPSA) is 52.2 Å². The van der Waals surface area contributed by atoms with Gasteiger partial charge < -0.3 is 0 Å². The second kappa shape index (κ2) is 6.93. The Balaban J connectivity index is 1.67. The van der Waals surface area contributed by atoms with Crippen molar-refractivity contribution >= 4 is 29.0 Å². The molecule has 0 radical (unpaired) electrons. The first-order chi connectivity index (χ1) is 12.6. The third kappa shape index (κ3) is 3.23. The zero-order valence-electron chi connectivity index (χ0n) is 13.3. The monoisotopic (exact) mass is 386 g/mol. The Bertz CT molecular complexity index is 1160. The van der Waals surface area contributed by atoms with Gasteiger partial charge in [0.1, 0.15) is 5.82 Å². The number of halogens is 2. The first-order valence-electron chi connectivity index (χ1n) is 7.71. The number of hydrogen-bond donors (Lipinski definition) is 0. The maximum atomic E-state index is 13.4. The molecule has 0 unspecified atom stereocenters. The molecule has 0 bridgehead atoms. The van der Waals surface area contributed by atoms with E-state index in [-0.39, 0.29) is 11.2 Å². The van der Waals surface area contributed by atoms with Crippen molar-refractivity contribution in [1.82, 2.24) is 19.2 Å². The number of rotatable bonds is 4. The van der Waals surface area contributed by atoms with Crippen molar-refractivity contribution in [2.24, 2.45) is 0 Å². The van der Waals surface area contributed by atoms with Crippen molar-refractivity contribution in [3.63, 3.8) is 0 Å². The quantitative estimate of drug-likeness (QED) is 0.498. The van der Waals surface area contributed by atoms with Gasteiger partial charge in [-0.2, -0.15) is 0 Å². The van der Waals surface area contributed by atoms with Crippen LogP contribution in [0.5, 0.6) is 0 Å². The molecule has 4 aromatic rings. The molecule has 2 heterocycles. The van der Waals surface area contributed by atoms with E-state index < -0.39 is 5.82 Å². The highest BCUT2D eigenvalue weighted by Crippen LogP contribution is 2.22. The van der Waals surface area contributed by atoms with Gasteiger partial charge in [0.2, 0.25) is 5.65 Å². The second-order valence-electron chi connectivity index (χ2n) is 5.55. The summed E-state index contributed by atoms with van der Waals surface area (Å²) in [6.45, 7) is 0. The SMILES string of the molecule is O=c1c2nnc(SCc3cccc(Cl)c3)n2ccn1-c1cccc(F)c1. The molecule has 0 saturated carbocycles. The molecule has 26 heavy (non-hydrogen) atoms. The van der Waals surface area contributed by atoms with E-state index in [1.54, 1.807) is 28.9 Å². The van der Waals surface area contributed by atoms with Crippen LogP contribution in [0.4, 0.5) is 4.39 Å². The van der Waals surface area contributed by atoms with E-state index in [0.29, 0.717) is 21.6 Å². The lowest BCUT2D eigenvalue weighted by Gasteiger charge is -2.06. The summed E-state index contributed by atoms with van der Waals surface area (Å²) in [7, 11) is 0. The molecular weight excluding hydrogens is 375 g/mol. The van der Waals surface area contributed by atoms with E-state index in [1.807, 2.05) is 24.3 Å². The number of aromatic nitrogens is 4. The number of fused-ring (bicyclic) bond motifs is 1. The minimum absolute atomic E-state index is 0.186. The Morgan fingerprint density at radius 2 is 1.92 bits per heavy atom. The highest BCUT2D eigenvalue weighted by molar-refractivity contribution is 7.98. The van der Waals surface area contributed by atoms with E-state index in [4.69, 9.17) is 11.6 Å². The van der Waals surface area contributed by atoms with Crippen molar-refractivity contribution in [2.75, 3.05) is 0 Å². The molecule has 0 amide bonds. The van der Waals surface area contributed by atoms with Crippen molar-refractivity contribution in [3.05, 3.63) is 87.7 Å². The smallest absolute Gasteiger partial charge is 0.279 e. The van der Waals surface area contributed by atoms with E-state index in [9.17, 15) is 9.18 Å². The normalized spacial score (nSPS) is 11.2. The van der Waals surface area contributed by atoms with Crippen LogP contribution in [0, 0.1) is 5.82 Å². The zero-order chi connectivity index (χ0) is 18.1.